The lowest BCUT2D eigenvalue weighted by atomic mass is 9.99. The molecule has 5 nitrogen and oxygen atoms in total. The first-order valence-corrected chi connectivity index (χ1v) is 7.10. The summed E-state index contributed by atoms with van der Waals surface area (Å²) in [5, 5.41) is 2.83. The average Bonchev–Trinajstić information content (AvgIpc) is 2.93. The molecule has 1 aromatic carbocycles. The van der Waals surface area contributed by atoms with Gasteiger partial charge in [0, 0.05) is 18.2 Å². The highest BCUT2D eigenvalue weighted by molar-refractivity contribution is 5.95. The van der Waals surface area contributed by atoms with Gasteiger partial charge in [0.1, 0.15) is 12.0 Å². The van der Waals surface area contributed by atoms with Crippen LogP contribution in [0.1, 0.15) is 26.2 Å². The van der Waals surface area contributed by atoms with Gasteiger partial charge < -0.3 is 15.5 Å². The summed E-state index contributed by atoms with van der Waals surface area (Å²) in [6.07, 6.45) is 2.49. The first-order chi connectivity index (χ1) is 10.0. The van der Waals surface area contributed by atoms with Crippen LogP contribution < -0.4 is 11.1 Å². The van der Waals surface area contributed by atoms with Crippen LogP contribution in [0, 0.1) is 12.8 Å². The first kappa shape index (κ1) is 15.3. The lowest BCUT2D eigenvalue weighted by Gasteiger charge is -2.17. The molecule has 1 unspecified atom stereocenters. The van der Waals surface area contributed by atoms with E-state index in [9.17, 15) is 4.79 Å². The zero-order valence-corrected chi connectivity index (χ0v) is 12.6. The van der Waals surface area contributed by atoms with Crippen molar-refractivity contribution in [2.45, 2.75) is 33.2 Å². The number of carbonyl (C=O) groups excluding carboxylic acids is 1. The zero-order valence-electron chi connectivity index (χ0n) is 12.6. The third-order valence-electron chi connectivity index (χ3n) is 3.63. The van der Waals surface area contributed by atoms with E-state index in [4.69, 9.17) is 10.2 Å². The molecule has 21 heavy (non-hydrogen) atoms. The number of carbonyl (C=O) groups is 1. The van der Waals surface area contributed by atoms with E-state index in [0.29, 0.717) is 5.89 Å². The van der Waals surface area contributed by atoms with Gasteiger partial charge >= 0.3 is 0 Å². The molecule has 2 aromatic rings. The lowest BCUT2D eigenvalue weighted by Crippen LogP contribution is -2.40. The summed E-state index contributed by atoms with van der Waals surface area (Å²) >= 11 is 0. The van der Waals surface area contributed by atoms with E-state index >= 15 is 0 Å². The Balaban J connectivity index is 2.04. The van der Waals surface area contributed by atoms with E-state index in [1.165, 1.54) is 0 Å². The Hall–Kier alpha value is -2.14. The van der Waals surface area contributed by atoms with Crippen LogP contribution in [0.3, 0.4) is 0 Å². The number of aryl methyl sites for hydroxylation is 1. The van der Waals surface area contributed by atoms with Gasteiger partial charge in [-0.1, -0.05) is 32.4 Å². The Labute approximate surface area is 124 Å². The molecule has 0 aliphatic heterocycles. The molecule has 3 N–H and O–H groups in total. The topological polar surface area (TPSA) is 81.2 Å². The molecule has 0 spiro atoms. The normalized spacial score (nSPS) is 13.7. The van der Waals surface area contributed by atoms with Gasteiger partial charge in [-0.25, -0.2) is 4.98 Å². The lowest BCUT2D eigenvalue weighted by molar-refractivity contribution is -0.118. The smallest absolute Gasteiger partial charge is 0.241 e. The second kappa shape index (κ2) is 6.54. The molecular formula is C16H21N3O2. The van der Waals surface area contributed by atoms with Crippen molar-refractivity contribution < 1.29 is 9.21 Å². The Morgan fingerprint density at radius 2 is 2.05 bits per heavy atom. The van der Waals surface area contributed by atoms with Crippen LogP contribution in [0.15, 0.2) is 34.9 Å². The molecule has 2 rings (SSSR count). The van der Waals surface area contributed by atoms with Crippen molar-refractivity contribution in [2.75, 3.05) is 5.32 Å². The van der Waals surface area contributed by atoms with Crippen molar-refractivity contribution in [2.24, 2.45) is 11.7 Å². The van der Waals surface area contributed by atoms with Gasteiger partial charge in [0.25, 0.3) is 0 Å². The minimum atomic E-state index is -0.493. The van der Waals surface area contributed by atoms with Gasteiger partial charge in [0.2, 0.25) is 5.91 Å². The summed E-state index contributed by atoms with van der Waals surface area (Å²) in [5.41, 5.74) is 8.35. The quantitative estimate of drug-likeness (QED) is 0.885. The predicted molar refractivity (Wildman–Crippen MR) is 82.7 cm³/mol. The number of nitrogens with two attached hydrogens (primary N) is 1. The molecule has 0 saturated carbocycles. The van der Waals surface area contributed by atoms with E-state index in [0.717, 1.165) is 23.4 Å². The van der Waals surface area contributed by atoms with Gasteiger partial charge in [-0.15, -0.1) is 0 Å². The molecule has 0 radical (unpaired) electrons. The number of nitrogens with one attached hydrogen (secondary N) is 1. The van der Waals surface area contributed by atoms with Crippen LogP contribution in [0.5, 0.6) is 0 Å². The average molecular weight is 287 g/mol. The van der Waals surface area contributed by atoms with Gasteiger partial charge in [0.15, 0.2) is 5.89 Å². The molecule has 0 saturated heterocycles. The van der Waals surface area contributed by atoms with Crippen molar-refractivity contribution >= 4 is 11.6 Å². The van der Waals surface area contributed by atoms with Gasteiger partial charge in [0.05, 0.1) is 6.04 Å². The fourth-order valence-electron chi connectivity index (χ4n) is 1.96. The number of amides is 1. The largest absolute Gasteiger partial charge is 0.449 e. The van der Waals surface area contributed by atoms with Crippen LogP contribution >= 0.6 is 0 Å². The van der Waals surface area contributed by atoms with Crippen molar-refractivity contribution in [3.05, 3.63) is 36.4 Å². The number of hydrogen-bond acceptors (Lipinski definition) is 4. The predicted octanol–water partition coefficient (Wildman–Crippen LogP) is 2.96. The highest BCUT2D eigenvalue weighted by atomic mass is 16.3. The number of benzene rings is 1. The maximum atomic E-state index is 12.0. The summed E-state index contributed by atoms with van der Waals surface area (Å²) in [5.74, 6) is 0.624. The molecule has 0 fully saturated rings. The molecule has 0 aliphatic rings. The number of oxazole rings is 1. The molecule has 5 heteroatoms. The zero-order chi connectivity index (χ0) is 15.4. The summed E-state index contributed by atoms with van der Waals surface area (Å²) in [4.78, 5) is 16.3. The fourth-order valence-corrected chi connectivity index (χ4v) is 1.96. The molecular weight excluding hydrogens is 266 g/mol. The number of nitrogens with zero attached hydrogens (tertiary/aromatic N) is 1. The third kappa shape index (κ3) is 3.70. The Morgan fingerprint density at radius 1 is 1.38 bits per heavy atom. The maximum Gasteiger partial charge on any atom is 0.241 e. The van der Waals surface area contributed by atoms with Crippen molar-refractivity contribution in [3.63, 3.8) is 0 Å². The van der Waals surface area contributed by atoms with Gasteiger partial charge in [-0.3, -0.25) is 4.79 Å². The summed E-state index contributed by atoms with van der Waals surface area (Å²) in [6.45, 7) is 5.79. The SMILES string of the molecule is CCC(C)[C@H](N)C(=O)Nc1ccc(-c2coc(C)n2)cc1. The van der Waals surface area contributed by atoms with Crippen LogP contribution in [-0.2, 0) is 4.79 Å². The standard InChI is InChI=1S/C16H21N3O2/c1-4-10(2)15(17)16(20)19-13-7-5-12(6-8-13)14-9-21-11(3)18-14/h5-10,15H,4,17H2,1-3H3,(H,19,20)/t10?,15-/m0/s1. The summed E-state index contributed by atoms with van der Waals surface area (Å²) in [7, 11) is 0. The maximum absolute atomic E-state index is 12.0. The minimum Gasteiger partial charge on any atom is -0.449 e. The van der Waals surface area contributed by atoms with Crippen molar-refractivity contribution in [1.29, 1.82) is 0 Å². The molecule has 2 atom stereocenters. The minimum absolute atomic E-state index is 0.155. The molecule has 0 bridgehead atoms. The molecule has 112 valence electrons. The Bertz CT molecular complexity index is 604. The van der Waals surface area contributed by atoms with Crippen LogP contribution in [0.25, 0.3) is 11.3 Å². The molecule has 1 heterocycles. The van der Waals surface area contributed by atoms with Crippen molar-refractivity contribution in [1.82, 2.24) is 4.98 Å². The van der Waals surface area contributed by atoms with Crippen LogP contribution in [0.4, 0.5) is 5.69 Å². The van der Waals surface area contributed by atoms with Gasteiger partial charge in [-0.05, 0) is 18.1 Å². The van der Waals surface area contributed by atoms with E-state index < -0.39 is 6.04 Å². The molecule has 1 aromatic heterocycles. The van der Waals surface area contributed by atoms with E-state index in [1.807, 2.05) is 38.1 Å². The highest BCUT2D eigenvalue weighted by Gasteiger charge is 2.19. The third-order valence-corrected chi connectivity index (χ3v) is 3.63. The number of rotatable bonds is 5. The van der Waals surface area contributed by atoms with Gasteiger partial charge in [-0.2, -0.15) is 0 Å². The highest BCUT2D eigenvalue weighted by Crippen LogP contribution is 2.21. The molecule has 0 aliphatic carbocycles. The number of aromatic nitrogens is 1. The van der Waals surface area contributed by atoms with E-state index in [-0.39, 0.29) is 11.8 Å². The summed E-state index contributed by atoms with van der Waals surface area (Å²) < 4.78 is 5.19. The first-order valence-electron chi connectivity index (χ1n) is 7.10. The second-order valence-corrected chi connectivity index (χ2v) is 5.23. The Morgan fingerprint density at radius 3 is 2.57 bits per heavy atom. The monoisotopic (exact) mass is 287 g/mol. The van der Waals surface area contributed by atoms with E-state index in [2.05, 4.69) is 10.3 Å². The van der Waals surface area contributed by atoms with Crippen LogP contribution in [0.2, 0.25) is 0 Å². The fraction of sp³-hybridized carbons (Fsp3) is 0.375. The van der Waals surface area contributed by atoms with E-state index in [1.54, 1.807) is 13.2 Å². The van der Waals surface area contributed by atoms with Crippen molar-refractivity contribution in [3.8, 4) is 11.3 Å². The van der Waals surface area contributed by atoms with Crippen LogP contribution in [-0.4, -0.2) is 16.9 Å². The Kier molecular flexibility index (Phi) is 4.75. The molecule has 1 amide bonds. The number of hydrogen-bond donors (Lipinski definition) is 2. The summed E-state index contributed by atoms with van der Waals surface area (Å²) in [6, 6.07) is 6.96. The number of anilines is 1. The second-order valence-electron chi connectivity index (χ2n) is 5.23.